The van der Waals surface area contributed by atoms with Gasteiger partial charge in [-0.25, -0.2) is 0 Å². The van der Waals surface area contributed by atoms with Crippen molar-refractivity contribution in [3.8, 4) is 0 Å². The lowest BCUT2D eigenvalue weighted by molar-refractivity contribution is 0.605. The predicted molar refractivity (Wildman–Crippen MR) is 35.0 cm³/mol. The smallest absolute Gasteiger partial charge is 0.160 e. The highest BCUT2D eigenvalue weighted by Crippen LogP contribution is 1.89. The van der Waals surface area contributed by atoms with Crippen molar-refractivity contribution in [2.24, 2.45) is 0 Å². The molecule has 0 saturated heterocycles. The predicted octanol–water partition coefficient (Wildman–Crippen LogP) is 0.447. The van der Waals surface area contributed by atoms with Crippen molar-refractivity contribution < 1.29 is 4.80 Å². The molecule has 0 bridgehead atoms. The Kier molecular flexibility index (Phi) is 4.04. The molecule has 0 rings (SSSR count). The minimum atomic E-state index is -0.705. The lowest BCUT2D eigenvalue weighted by Gasteiger charge is -1.84. The average Bonchev–Trinajstić information content (AvgIpc) is 1.61. The van der Waals surface area contributed by atoms with E-state index in [4.69, 9.17) is 4.80 Å². The van der Waals surface area contributed by atoms with E-state index in [1.807, 2.05) is 13.8 Å². The van der Waals surface area contributed by atoms with Crippen molar-refractivity contribution in [2.45, 2.75) is 19.9 Å². The molecule has 0 aromatic heterocycles. The van der Waals surface area contributed by atoms with Crippen LogP contribution in [0.15, 0.2) is 11.6 Å². The van der Waals surface area contributed by atoms with Crippen LogP contribution in [0.3, 0.4) is 0 Å². The Balaban J connectivity index is 3.08. The van der Waals surface area contributed by atoms with E-state index in [1.54, 1.807) is 0 Å². The van der Waals surface area contributed by atoms with Gasteiger partial charge in [-0.2, -0.15) is 0 Å². The highest BCUT2D eigenvalue weighted by Gasteiger charge is 1.75. The van der Waals surface area contributed by atoms with Crippen LogP contribution in [0.4, 0.5) is 0 Å². The van der Waals surface area contributed by atoms with Crippen molar-refractivity contribution in [2.75, 3.05) is 0 Å². The van der Waals surface area contributed by atoms with Gasteiger partial charge >= 0.3 is 0 Å². The third kappa shape index (κ3) is 5.92. The van der Waals surface area contributed by atoms with Gasteiger partial charge in [-0.3, -0.25) is 0 Å². The largest absolute Gasteiger partial charge is 0.438 e. The van der Waals surface area contributed by atoms with Gasteiger partial charge in [0.15, 0.2) is 9.76 Å². The van der Waals surface area contributed by atoms with Crippen LogP contribution < -0.4 is 0 Å². The molecule has 7 heavy (non-hydrogen) atoms. The Hall–Kier alpha value is -0.0831. The minimum Gasteiger partial charge on any atom is -0.438 e. The molecular weight excluding hydrogens is 104 g/mol. The second-order valence-electron chi connectivity index (χ2n) is 1.79. The van der Waals surface area contributed by atoms with Gasteiger partial charge in [0.2, 0.25) is 0 Å². The van der Waals surface area contributed by atoms with Crippen LogP contribution in [-0.2, 0) is 0 Å². The molecule has 0 heterocycles. The Morgan fingerprint density at radius 1 is 1.71 bits per heavy atom. The highest BCUT2D eigenvalue weighted by atomic mass is 28.2. The molecule has 42 valence electrons. The van der Waals surface area contributed by atoms with Crippen LogP contribution >= 0.6 is 0 Å². The van der Waals surface area contributed by atoms with E-state index in [-0.39, 0.29) is 0 Å². The molecule has 1 N–H and O–H groups in total. The summed E-state index contributed by atoms with van der Waals surface area (Å²) in [6.45, 7) is 4.09. The highest BCUT2D eigenvalue weighted by molar-refractivity contribution is 6.25. The summed E-state index contributed by atoms with van der Waals surface area (Å²) in [5.74, 6) is 0. The molecule has 1 nitrogen and oxygen atoms in total. The molecule has 0 radical (unpaired) electrons. The maximum atomic E-state index is 8.41. The van der Waals surface area contributed by atoms with Crippen molar-refractivity contribution in [1.29, 1.82) is 0 Å². The number of hydrogen-bond donors (Lipinski definition) is 1. The summed E-state index contributed by atoms with van der Waals surface area (Å²) in [7, 11) is -0.705. The fourth-order valence-corrected chi connectivity index (χ4v) is 1.06. The van der Waals surface area contributed by atoms with Crippen LogP contribution in [0.2, 0.25) is 6.04 Å². The van der Waals surface area contributed by atoms with Crippen molar-refractivity contribution >= 4 is 9.76 Å². The second kappa shape index (κ2) is 4.09. The molecule has 0 amide bonds. The number of hydrogen-bond acceptors (Lipinski definition) is 1. The van der Waals surface area contributed by atoms with Gasteiger partial charge in [0, 0.05) is 0 Å². The lowest BCUT2D eigenvalue weighted by atomic mass is 10.3. The van der Waals surface area contributed by atoms with Crippen LogP contribution in [0.25, 0.3) is 0 Å². The summed E-state index contributed by atoms with van der Waals surface area (Å²) >= 11 is 0. The standard InChI is InChI=1S/C5H12OSi/c1-5(2)3-4-7-6/h3,6H,4,7H2,1-2H3. The Bertz CT molecular complexity index is 64.5. The van der Waals surface area contributed by atoms with E-state index in [0.29, 0.717) is 0 Å². The molecule has 0 aliphatic carbocycles. The van der Waals surface area contributed by atoms with E-state index in [9.17, 15) is 0 Å². The van der Waals surface area contributed by atoms with E-state index >= 15 is 0 Å². The zero-order chi connectivity index (χ0) is 5.70. The molecule has 0 aliphatic heterocycles. The van der Waals surface area contributed by atoms with Crippen LogP contribution in [-0.4, -0.2) is 14.6 Å². The first kappa shape index (κ1) is 6.92. The van der Waals surface area contributed by atoms with E-state index in [0.717, 1.165) is 6.04 Å². The molecule has 0 aliphatic rings. The summed E-state index contributed by atoms with van der Waals surface area (Å²) < 4.78 is 0. The monoisotopic (exact) mass is 116 g/mol. The molecule has 0 fully saturated rings. The average molecular weight is 116 g/mol. The molecule has 2 heteroatoms. The van der Waals surface area contributed by atoms with Gasteiger partial charge in [-0.15, -0.1) is 0 Å². The van der Waals surface area contributed by atoms with E-state index in [2.05, 4.69) is 6.08 Å². The first-order valence-corrected chi connectivity index (χ1v) is 4.15. The summed E-state index contributed by atoms with van der Waals surface area (Å²) in [5, 5.41) is 0. The first-order chi connectivity index (χ1) is 3.27. The topological polar surface area (TPSA) is 20.2 Å². The van der Waals surface area contributed by atoms with Crippen LogP contribution in [0, 0.1) is 0 Å². The third-order valence-corrected chi connectivity index (χ3v) is 1.23. The molecular formula is C5H12OSi. The van der Waals surface area contributed by atoms with Crippen molar-refractivity contribution in [3.05, 3.63) is 11.6 Å². The van der Waals surface area contributed by atoms with Crippen LogP contribution in [0.5, 0.6) is 0 Å². The number of rotatable bonds is 2. The van der Waals surface area contributed by atoms with Gasteiger partial charge in [0.25, 0.3) is 0 Å². The van der Waals surface area contributed by atoms with Crippen LogP contribution in [0.1, 0.15) is 13.8 Å². The quantitative estimate of drug-likeness (QED) is 0.410. The number of allylic oxidation sites excluding steroid dienone is 2. The van der Waals surface area contributed by atoms with Crippen molar-refractivity contribution in [1.82, 2.24) is 0 Å². The summed E-state index contributed by atoms with van der Waals surface area (Å²) in [5.41, 5.74) is 1.31. The molecule has 0 spiro atoms. The van der Waals surface area contributed by atoms with Gasteiger partial charge in [-0.05, 0) is 19.9 Å². The molecule has 0 atom stereocenters. The minimum absolute atomic E-state index is 0.705. The lowest BCUT2D eigenvalue weighted by Crippen LogP contribution is -1.80. The maximum Gasteiger partial charge on any atom is 0.160 e. The molecule has 0 aromatic rings. The van der Waals surface area contributed by atoms with Gasteiger partial charge in [0.1, 0.15) is 0 Å². The first-order valence-electron chi connectivity index (χ1n) is 2.51. The van der Waals surface area contributed by atoms with Gasteiger partial charge in [0.05, 0.1) is 0 Å². The fraction of sp³-hybridized carbons (Fsp3) is 0.600. The molecule has 0 aromatic carbocycles. The second-order valence-corrected chi connectivity index (χ2v) is 2.82. The Morgan fingerprint density at radius 2 is 2.29 bits per heavy atom. The summed E-state index contributed by atoms with van der Waals surface area (Å²) in [6.07, 6.45) is 2.08. The van der Waals surface area contributed by atoms with E-state index in [1.165, 1.54) is 5.57 Å². The van der Waals surface area contributed by atoms with Gasteiger partial charge in [-0.1, -0.05) is 11.6 Å². The summed E-state index contributed by atoms with van der Waals surface area (Å²) in [6, 6.07) is 0.933. The molecule has 0 saturated carbocycles. The van der Waals surface area contributed by atoms with Crippen molar-refractivity contribution in [3.63, 3.8) is 0 Å². The zero-order valence-corrected chi connectivity index (χ0v) is 6.35. The Labute approximate surface area is 47.0 Å². The normalized spacial score (nSPS) is 10.1. The Morgan fingerprint density at radius 3 is 2.43 bits per heavy atom. The zero-order valence-electron chi connectivity index (χ0n) is 4.94. The maximum absolute atomic E-state index is 8.41. The summed E-state index contributed by atoms with van der Waals surface area (Å²) in [4.78, 5) is 8.41. The molecule has 0 unspecified atom stereocenters. The van der Waals surface area contributed by atoms with Gasteiger partial charge < -0.3 is 4.80 Å². The SMILES string of the molecule is CC(C)=CC[SiH2]O. The third-order valence-electron chi connectivity index (χ3n) is 0.682. The fourth-order valence-electron chi connectivity index (χ4n) is 0.353. The van der Waals surface area contributed by atoms with E-state index < -0.39 is 9.76 Å².